The molecule has 2 unspecified atom stereocenters. The standard InChI is InChI=1S/C11H13N/c1-2-8-5-10-7-9(3-4-12)11(10)6-8/h3,6,10-11H,2,5,7H2,1H3. The molecule has 0 radical (unpaired) electrons. The van der Waals surface area contributed by atoms with Crippen LogP contribution in [0.4, 0.5) is 0 Å². The predicted molar refractivity (Wildman–Crippen MR) is 48.3 cm³/mol. The van der Waals surface area contributed by atoms with Gasteiger partial charge >= 0.3 is 0 Å². The predicted octanol–water partition coefficient (Wildman–Crippen LogP) is 2.81. The molecule has 0 heterocycles. The molecule has 0 amide bonds. The van der Waals surface area contributed by atoms with Gasteiger partial charge in [0.05, 0.1) is 6.07 Å². The zero-order valence-corrected chi connectivity index (χ0v) is 7.38. The minimum Gasteiger partial charge on any atom is -0.193 e. The van der Waals surface area contributed by atoms with Crippen molar-refractivity contribution in [3.63, 3.8) is 0 Å². The molecule has 0 spiro atoms. The van der Waals surface area contributed by atoms with Crippen molar-refractivity contribution in [1.29, 1.82) is 5.26 Å². The van der Waals surface area contributed by atoms with Gasteiger partial charge in [-0.15, -0.1) is 0 Å². The van der Waals surface area contributed by atoms with E-state index in [2.05, 4.69) is 19.1 Å². The van der Waals surface area contributed by atoms with Crippen LogP contribution in [-0.4, -0.2) is 0 Å². The van der Waals surface area contributed by atoms with Crippen LogP contribution in [0, 0.1) is 23.2 Å². The maximum Gasteiger partial charge on any atom is 0.0911 e. The van der Waals surface area contributed by atoms with E-state index in [0.29, 0.717) is 5.92 Å². The highest BCUT2D eigenvalue weighted by molar-refractivity contribution is 5.35. The van der Waals surface area contributed by atoms with Gasteiger partial charge in [-0.05, 0) is 25.2 Å². The summed E-state index contributed by atoms with van der Waals surface area (Å²) < 4.78 is 0. The Bertz CT molecular complexity index is 291. The van der Waals surface area contributed by atoms with E-state index < -0.39 is 0 Å². The molecule has 0 aromatic rings. The number of fused-ring (bicyclic) bond motifs is 1. The Hall–Kier alpha value is -1.03. The molecule has 2 rings (SSSR count). The fourth-order valence-corrected chi connectivity index (χ4v) is 2.31. The van der Waals surface area contributed by atoms with E-state index in [0.717, 1.165) is 12.3 Å². The SMILES string of the molecule is CCC1=CC2C(=CC#N)CC2C1. The Morgan fingerprint density at radius 2 is 2.50 bits per heavy atom. The largest absolute Gasteiger partial charge is 0.193 e. The maximum absolute atomic E-state index is 8.50. The van der Waals surface area contributed by atoms with Gasteiger partial charge in [0.15, 0.2) is 0 Å². The third kappa shape index (κ3) is 0.992. The van der Waals surface area contributed by atoms with Crippen molar-refractivity contribution in [2.75, 3.05) is 0 Å². The van der Waals surface area contributed by atoms with Crippen LogP contribution >= 0.6 is 0 Å². The fourth-order valence-electron chi connectivity index (χ4n) is 2.31. The van der Waals surface area contributed by atoms with Crippen LogP contribution in [0.2, 0.25) is 0 Å². The lowest BCUT2D eigenvalue weighted by molar-refractivity contribution is 0.354. The van der Waals surface area contributed by atoms with Gasteiger partial charge in [0, 0.05) is 12.0 Å². The first-order valence-electron chi connectivity index (χ1n) is 4.63. The Kier molecular flexibility index (Phi) is 1.77. The van der Waals surface area contributed by atoms with Gasteiger partial charge < -0.3 is 0 Å². The summed E-state index contributed by atoms with van der Waals surface area (Å²) in [6, 6.07) is 2.12. The maximum atomic E-state index is 8.50. The number of hydrogen-bond donors (Lipinski definition) is 0. The molecule has 2 atom stereocenters. The summed E-state index contributed by atoms with van der Waals surface area (Å²) in [4.78, 5) is 0. The van der Waals surface area contributed by atoms with Gasteiger partial charge in [-0.3, -0.25) is 0 Å². The molecule has 0 aliphatic heterocycles. The van der Waals surface area contributed by atoms with Crippen LogP contribution in [0.5, 0.6) is 0 Å². The molecule has 62 valence electrons. The minimum atomic E-state index is 0.639. The molecule has 12 heavy (non-hydrogen) atoms. The lowest BCUT2D eigenvalue weighted by atomic mass is 9.71. The third-order valence-corrected chi connectivity index (χ3v) is 3.08. The number of allylic oxidation sites excluding steroid dienone is 4. The highest BCUT2D eigenvalue weighted by atomic mass is 14.4. The number of hydrogen-bond acceptors (Lipinski definition) is 1. The van der Waals surface area contributed by atoms with Crippen molar-refractivity contribution >= 4 is 0 Å². The van der Waals surface area contributed by atoms with Gasteiger partial charge in [0.25, 0.3) is 0 Å². The number of nitriles is 1. The van der Waals surface area contributed by atoms with Gasteiger partial charge in [0.1, 0.15) is 0 Å². The molecule has 0 bridgehead atoms. The minimum absolute atomic E-state index is 0.639. The molecular weight excluding hydrogens is 146 g/mol. The first-order valence-corrected chi connectivity index (χ1v) is 4.63. The molecule has 0 N–H and O–H groups in total. The molecule has 0 aromatic heterocycles. The van der Waals surface area contributed by atoms with Gasteiger partial charge in [-0.1, -0.05) is 24.1 Å². The van der Waals surface area contributed by atoms with Crippen molar-refractivity contribution in [2.45, 2.75) is 26.2 Å². The van der Waals surface area contributed by atoms with Crippen molar-refractivity contribution in [3.05, 3.63) is 23.3 Å². The number of rotatable bonds is 1. The number of nitrogens with zero attached hydrogens (tertiary/aromatic N) is 1. The van der Waals surface area contributed by atoms with Crippen molar-refractivity contribution in [3.8, 4) is 6.07 Å². The zero-order valence-electron chi connectivity index (χ0n) is 7.38. The normalized spacial score (nSPS) is 35.3. The smallest absolute Gasteiger partial charge is 0.0911 e. The van der Waals surface area contributed by atoms with E-state index in [9.17, 15) is 0 Å². The fraction of sp³-hybridized carbons (Fsp3) is 0.545. The monoisotopic (exact) mass is 159 g/mol. The second-order valence-corrected chi connectivity index (χ2v) is 3.72. The summed E-state index contributed by atoms with van der Waals surface area (Å²) in [6.07, 6.45) is 7.74. The van der Waals surface area contributed by atoms with E-state index in [1.165, 1.54) is 18.4 Å². The average Bonchev–Trinajstić information content (AvgIpc) is 2.39. The second kappa shape index (κ2) is 2.79. The molecule has 1 fully saturated rings. The third-order valence-electron chi connectivity index (χ3n) is 3.08. The zero-order chi connectivity index (χ0) is 8.55. The molecule has 2 aliphatic rings. The second-order valence-electron chi connectivity index (χ2n) is 3.72. The molecular formula is C11H13N. The van der Waals surface area contributed by atoms with Crippen LogP contribution in [0.1, 0.15) is 26.2 Å². The van der Waals surface area contributed by atoms with Gasteiger partial charge in [0.2, 0.25) is 0 Å². The molecule has 2 aliphatic carbocycles. The summed E-state index contributed by atoms with van der Waals surface area (Å²) in [6.45, 7) is 2.21. The van der Waals surface area contributed by atoms with Crippen LogP contribution in [-0.2, 0) is 0 Å². The lowest BCUT2D eigenvalue weighted by Crippen LogP contribution is -2.23. The van der Waals surface area contributed by atoms with Crippen molar-refractivity contribution < 1.29 is 0 Å². The molecule has 1 nitrogen and oxygen atoms in total. The highest BCUT2D eigenvalue weighted by Crippen LogP contribution is 2.49. The highest BCUT2D eigenvalue weighted by Gasteiger charge is 2.38. The Labute approximate surface area is 73.4 Å². The van der Waals surface area contributed by atoms with E-state index in [-0.39, 0.29) is 0 Å². The summed E-state index contributed by atoms with van der Waals surface area (Å²) in [5.74, 6) is 1.49. The van der Waals surface area contributed by atoms with Crippen LogP contribution in [0.15, 0.2) is 23.3 Å². The van der Waals surface area contributed by atoms with E-state index in [4.69, 9.17) is 5.26 Å². The van der Waals surface area contributed by atoms with Crippen molar-refractivity contribution in [2.24, 2.45) is 11.8 Å². The van der Waals surface area contributed by atoms with Gasteiger partial charge in [-0.25, -0.2) is 0 Å². The molecule has 1 saturated carbocycles. The Morgan fingerprint density at radius 3 is 3.17 bits per heavy atom. The topological polar surface area (TPSA) is 23.8 Å². The van der Waals surface area contributed by atoms with E-state index >= 15 is 0 Å². The summed E-state index contributed by atoms with van der Waals surface area (Å²) in [5, 5.41) is 8.50. The van der Waals surface area contributed by atoms with Gasteiger partial charge in [-0.2, -0.15) is 5.26 Å². The molecule has 1 heteroatoms. The van der Waals surface area contributed by atoms with Crippen LogP contribution < -0.4 is 0 Å². The molecule has 0 saturated heterocycles. The first kappa shape index (κ1) is 7.61. The van der Waals surface area contributed by atoms with E-state index in [1.54, 1.807) is 11.6 Å². The summed E-state index contributed by atoms with van der Waals surface area (Å²) in [5.41, 5.74) is 2.94. The Morgan fingerprint density at radius 1 is 1.67 bits per heavy atom. The van der Waals surface area contributed by atoms with Crippen LogP contribution in [0.25, 0.3) is 0 Å². The quantitative estimate of drug-likeness (QED) is 0.426. The average molecular weight is 159 g/mol. The summed E-state index contributed by atoms with van der Waals surface area (Å²) >= 11 is 0. The van der Waals surface area contributed by atoms with Crippen molar-refractivity contribution in [1.82, 2.24) is 0 Å². The first-order chi connectivity index (χ1) is 5.85. The Balaban J connectivity index is 2.11. The van der Waals surface area contributed by atoms with E-state index in [1.807, 2.05) is 0 Å². The lowest BCUT2D eigenvalue weighted by Gasteiger charge is -2.33. The van der Waals surface area contributed by atoms with Crippen LogP contribution in [0.3, 0.4) is 0 Å². The summed E-state index contributed by atoms with van der Waals surface area (Å²) in [7, 11) is 0. The molecule has 0 aromatic carbocycles.